The Morgan fingerprint density at radius 2 is 0.542 bits per heavy atom. The minimum absolute atomic E-state index is 0.0701. The van der Waals surface area contributed by atoms with Crippen LogP contribution in [0.4, 0.5) is 0 Å². The molecular formula is C68H131NO3. The molecule has 0 rings (SSSR count). The fourth-order valence-electron chi connectivity index (χ4n) is 10.6. The first-order valence-electron chi connectivity index (χ1n) is 33.2. The molecule has 0 aromatic carbocycles. The summed E-state index contributed by atoms with van der Waals surface area (Å²) in [6, 6.07) is -0.645. The second-order valence-corrected chi connectivity index (χ2v) is 22.9. The van der Waals surface area contributed by atoms with E-state index in [0.29, 0.717) is 6.42 Å². The van der Waals surface area contributed by atoms with Crippen molar-refractivity contribution in [3.05, 3.63) is 36.5 Å². The number of aliphatic hydroxyl groups is 2. The molecular weight excluding hydrogens is 879 g/mol. The van der Waals surface area contributed by atoms with Gasteiger partial charge in [0.05, 0.1) is 18.8 Å². The number of unbranched alkanes of at least 4 members (excludes halogenated alkanes) is 51. The number of carbonyl (C=O) groups is 1. The van der Waals surface area contributed by atoms with Crippen molar-refractivity contribution in [1.29, 1.82) is 0 Å². The second-order valence-electron chi connectivity index (χ2n) is 22.9. The summed E-state index contributed by atoms with van der Waals surface area (Å²) in [6.45, 7) is 4.34. The van der Waals surface area contributed by atoms with Crippen LogP contribution >= 0.6 is 0 Å². The lowest BCUT2D eigenvalue weighted by atomic mass is 10.0. The first-order valence-corrected chi connectivity index (χ1v) is 33.2. The summed E-state index contributed by atoms with van der Waals surface area (Å²) in [4.78, 5) is 12.5. The first kappa shape index (κ1) is 70.6. The van der Waals surface area contributed by atoms with Crippen LogP contribution in [0.3, 0.4) is 0 Å². The maximum atomic E-state index is 12.5. The van der Waals surface area contributed by atoms with E-state index in [1.165, 1.54) is 315 Å². The smallest absolute Gasteiger partial charge is 0.220 e. The van der Waals surface area contributed by atoms with Crippen LogP contribution < -0.4 is 5.32 Å². The zero-order valence-corrected chi connectivity index (χ0v) is 49.2. The van der Waals surface area contributed by atoms with Gasteiger partial charge >= 0.3 is 0 Å². The van der Waals surface area contributed by atoms with Gasteiger partial charge in [0.1, 0.15) is 0 Å². The topological polar surface area (TPSA) is 69.6 Å². The lowest BCUT2D eigenvalue weighted by Gasteiger charge is -2.19. The highest BCUT2D eigenvalue weighted by molar-refractivity contribution is 5.76. The van der Waals surface area contributed by atoms with Crippen molar-refractivity contribution in [3.63, 3.8) is 0 Å². The van der Waals surface area contributed by atoms with Crippen molar-refractivity contribution in [2.45, 2.75) is 386 Å². The Hall–Kier alpha value is -1.39. The molecule has 0 radical (unpaired) electrons. The summed E-state index contributed by atoms with van der Waals surface area (Å²) in [7, 11) is 0. The van der Waals surface area contributed by atoms with E-state index in [9.17, 15) is 15.0 Å². The highest BCUT2D eigenvalue weighted by Crippen LogP contribution is 2.19. The van der Waals surface area contributed by atoms with E-state index < -0.39 is 12.1 Å². The van der Waals surface area contributed by atoms with Crippen LogP contribution in [0.1, 0.15) is 373 Å². The average Bonchev–Trinajstić information content (AvgIpc) is 3.39. The Balaban J connectivity index is 3.45. The third-order valence-corrected chi connectivity index (χ3v) is 15.6. The molecule has 0 saturated heterocycles. The van der Waals surface area contributed by atoms with Crippen LogP contribution in [0.2, 0.25) is 0 Å². The van der Waals surface area contributed by atoms with Gasteiger partial charge in [-0.3, -0.25) is 4.79 Å². The van der Waals surface area contributed by atoms with Crippen molar-refractivity contribution >= 4 is 5.91 Å². The standard InChI is InChI=1S/C68H131NO3/c1-3-5-7-9-11-13-15-17-19-21-23-25-27-29-30-31-32-33-34-35-36-37-38-40-42-44-46-48-50-52-54-56-58-60-62-64-68(72)69-66(65-70)67(71)63-61-59-57-55-53-51-49-47-45-43-41-39-28-26-24-22-20-18-16-14-12-10-8-6-4-2/h45,47,53,55,61,63,66-67,70-71H,3-44,46,48-52,54,56-60,62,64-65H2,1-2H3,(H,69,72)/b47-45+,55-53+,63-61+. The van der Waals surface area contributed by atoms with Gasteiger partial charge in [-0.2, -0.15) is 0 Å². The Kier molecular flexibility index (Phi) is 62.7. The monoisotopic (exact) mass is 1010 g/mol. The number of aliphatic hydroxyl groups excluding tert-OH is 2. The minimum atomic E-state index is -0.870. The molecule has 4 nitrogen and oxygen atoms in total. The third kappa shape index (κ3) is 59.5. The lowest BCUT2D eigenvalue weighted by Crippen LogP contribution is -2.45. The number of hydrogen-bond donors (Lipinski definition) is 3. The summed E-state index contributed by atoms with van der Waals surface area (Å²) in [5, 5.41) is 23.2. The second kappa shape index (κ2) is 63.9. The summed E-state index contributed by atoms with van der Waals surface area (Å²) in [5.74, 6) is -0.0701. The van der Waals surface area contributed by atoms with Gasteiger partial charge in [-0.15, -0.1) is 0 Å². The minimum Gasteiger partial charge on any atom is -0.394 e. The van der Waals surface area contributed by atoms with E-state index in [4.69, 9.17) is 0 Å². The molecule has 0 aromatic heterocycles. The zero-order valence-electron chi connectivity index (χ0n) is 49.2. The number of carbonyl (C=O) groups excluding carboxylic acids is 1. The number of rotatable bonds is 62. The zero-order chi connectivity index (χ0) is 52.0. The van der Waals surface area contributed by atoms with Gasteiger partial charge in [0.2, 0.25) is 5.91 Å². The fourth-order valence-corrected chi connectivity index (χ4v) is 10.6. The normalized spacial score (nSPS) is 12.9. The van der Waals surface area contributed by atoms with Crippen LogP contribution in [0.5, 0.6) is 0 Å². The SMILES string of the molecule is CCCCCCCCCCCCCCCCC/C=C/CC/C=C/CC/C=C/C(O)C(CO)NC(=O)CCCCCCCCCCCCCCCCCCCCCCCCCCCCCCCCCCCCC. The Bertz CT molecular complexity index is 1100. The molecule has 0 aliphatic rings. The molecule has 2 unspecified atom stereocenters. The fraction of sp³-hybridized carbons (Fsp3) is 0.897. The molecule has 0 aromatic rings. The predicted octanol–water partition coefficient (Wildman–Crippen LogP) is 22.4. The maximum absolute atomic E-state index is 12.5. The van der Waals surface area contributed by atoms with E-state index in [1.807, 2.05) is 6.08 Å². The molecule has 3 N–H and O–H groups in total. The largest absolute Gasteiger partial charge is 0.394 e. The van der Waals surface area contributed by atoms with Crippen molar-refractivity contribution in [2.24, 2.45) is 0 Å². The lowest BCUT2D eigenvalue weighted by molar-refractivity contribution is -0.123. The molecule has 4 heteroatoms. The summed E-state index contributed by atoms with van der Waals surface area (Å²) in [5.41, 5.74) is 0. The predicted molar refractivity (Wildman–Crippen MR) is 322 cm³/mol. The van der Waals surface area contributed by atoms with Gasteiger partial charge in [-0.25, -0.2) is 0 Å². The highest BCUT2D eigenvalue weighted by atomic mass is 16.3. The van der Waals surface area contributed by atoms with Crippen molar-refractivity contribution in [2.75, 3.05) is 6.61 Å². The molecule has 72 heavy (non-hydrogen) atoms. The van der Waals surface area contributed by atoms with Crippen LogP contribution in [0.15, 0.2) is 36.5 Å². The molecule has 0 aliphatic heterocycles. The van der Waals surface area contributed by atoms with E-state index in [0.717, 1.165) is 38.5 Å². The Morgan fingerprint density at radius 1 is 0.319 bits per heavy atom. The van der Waals surface area contributed by atoms with Crippen LogP contribution in [0.25, 0.3) is 0 Å². The van der Waals surface area contributed by atoms with E-state index in [-0.39, 0.29) is 12.5 Å². The molecule has 1 amide bonds. The third-order valence-electron chi connectivity index (χ3n) is 15.6. The summed E-state index contributed by atoms with van der Waals surface area (Å²) < 4.78 is 0. The average molecular weight is 1010 g/mol. The Morgan fingerprint density at radius 3 is 0.806 bits per heavy atom. The maximum Gasteiger partial charge on any atom is 0.220 e. The number of hydrogen-bond acceptors (Lipinski definition) is 3. The summed E-state index contributed by atoms with van der Waals surface area (Å²) >= 11 is 0. The molecule has 426 valence electrons. The van der Waals surface area contributed by atoms with Crippen LogP contribution in [-0.4, -0.2) is 34.9 Å². The quantitative estimate of drug-likeness (QED) is 0.0420. The molecule has 0 saturated carbocycles. The van der Waals surface area contributed by atoms with E-state index in [1.54, 1.807) is 6.08 Å². The van der Waals surface area contributed by atoms with E-state index in [2.05, 4.69) is 43.5 Å². The summed E-state index contributed by atoms with van der Waals surface area (Å²) in [6.07, 6.45) is 88.0. The first-order chi connectivity index (χ1) is 35.7. The number of allylic oxidation sites excluding steroid dienone is 5. The van der Waals surface area contributed by atoms with Gasteiger partial charge < -0.3 is 15.5 Å². The molecule has 0 spiro atoms. The van der Waals surface area contributed by atoms with Gasteiger partial charge in [0.15, 0.2) is 0 Å². The molecule has 2 atom stereocenters. The number of nitrogens with one attached hydrogen (secondary N) is 1. The molecule has 0 fully saturated rings. The number of amides is 1. The Labute approximate surface area is 452 Å². The van der Waals surface area contributed by atoms with Crippen LogP contribution in [-0.2, 0) is 4.79 Å². The van der Waals surface area contributed by atoms with Gasteiger partial charge in [-0.1, -0.05) is 359 Å². The highest BCUT2D eigenvalue weighted by Gasteiger charge is 2.18. The molecule has 0 heterocycles. The molecule has 0 bridgehead atoms. The van der Waals surface area contributed by atoms with Crippen LogP contribution in [0, 0.1) is 0 Å². The van der Waals surface area contributed by atoms with Crippen molar-refractivity contribution < 1.29 is 15.0 Å². The van der Waals surface area contributed by atoms with Crippen molar-refractivity contribution in [3.8, 4) is 0 Å². The van der Waals surface area contributed by atoms with E-state index >= 15 is 0 Å². The van der Waals surface area contributed by atoms with Gasteiger partial charge in [0.25, 0.3) is 0 Å². The van der Waals surface area contributed by atoms with Gasteiger partial charge in [0, 0.05) is 6.42 Å². The molecule has 0 aliphatic carbocycles. The van der Waals surface area contributed by atoms with Gasteiger partial charge in [-0.05, 0) is 44.9 Å². The van der Waals surface area contributed by atoms with Crippen molar-refractivity contribution in [1.82, 2.24) is 5.32 Å².